The molecule has 0 aliphatic rings. The third kappa shape index (κ3) is 5.21. The lowest BCUT2D eigenvalue weighted by atomic mass is 10.6. The summed E-state index contributed by atoms with van der Waals surface area (Å²) in [6.07, 6.45) is 4.27. The van der Waals surface area contributed by atoms with Crippen molar-refractivity contribution in [1.82, 2.24) is 5.43 Å². The van der Waals surface area contributed by atoms with Crippen molar-refractivity contribution in [1.29, 1.82) is 0 Å². The van der Waals surface area contributed by atoms with Gasteiger partial charge in [-0.2, -0.15) is 5.10 Å². The Labute approximate surface area is 43.9 Å². The van der Waals surface area contributed by atoms with Crippen LogP contribution in [0.3, 0.4) is 0 Å². The third-order valence-corrected chi connectivity index (χ3v) is 0.440. The van der Waals surface area contributed by atoms with Crippen LogP contribution in [-0.2, 0) is 0 Å². The number of hydrazone groups is 1. The molecule has 2 nitrogen and oxygen atoms in total. The Morgan fingerprint density at radius 3 is 3.00 bits per heavy atom. The van der Waals surface area contributed by atoms with Crippen LogP contribution in [0.1, 0.15) is 13.3 Å². The number of hydrogen-bond donors (Lipinski definition) is 1. The fourth-order valence-corrected chi connectivity index (χ4v) is 0.197. The molecule has 0 aliphatic carbocycles. The molecule has 0 aliphatic heterocycles. The Morgan fingerprint density at radius 2 is 2.57 bits per heavy atom. The SMILES string of the molecule is C=CNN=CCC. The van der Waals surface area contributed by atoms with E-state index in [4.69, 9.17) is 0 Å². The minimum absolute atomic E-state index is 0.959. The summed E-state index contributed by atoms with van der Waals surface area (Å²) >= 11 is 0. The minimum atomic E-state index is 0.959. The minimum Gasteiger partial charge on any atom is -0.287 e. The first kappa shape index (κ1) is 6.21. The molecular formula is C5H10N2. The first-order chi connectivity index (χ1) is 3.41. The summed E-state index contributed by atoms with van der Waals surface area (Å²) in [6.45, 7) is 5.43. The maximum absolute atomic E-state index is 3.72. The van der Waals surface area contributed by atoms with Gasteiger partial charge in [0, 0.05) is 12.4 Å². The molecule has 0 unspecified atom stereocenters. The molecule has 0 rings (SSSR count). The topological polar surface area (TPSA) is 24.4 Å². The molecule has 0 saturated heterocycles. The van der Waals surface area contributed by atoms with E-state index in [0.29, 0.717) is 0 Å². The zero-order chi connectivity index (χ0) is 5.54. The average molecular weight is 98.1 g/mol. The van der Waals surface area contributed by atoms with Gasteiger partial charge in [0.15, 0.2) is 0 Å². The first-order valence-electron chi connectivity index (χ1n) is 2.29. The van der Waals surface area contributed by atoms with Crippen molar-refractivity contribution in [2.24, 2.45) is 5.10 Å². The highest BCUT2D eigenvalue weighted by Gasteiger charge is 1.60. The maximum Gasteiger partial charge on any atom is 0.0243 e. The van der Waals surface area contributed by atoms with E-state index in [1.807, 2.05) is 6.92 Å². The monoisotopic (exact) mass is 98.1 g/mol. The molecule has 0 spiro atoms. The van der Waals surface area contributed by atoms with E-state index in [2.05, 4.69) is 17.1 Å². The van der Waals surface area contributed by atoms with Crippen molar-refractivity contribution in [3.8, 4) is 0 Å². The molecule has 0 bridgehead atoms. The molecule has 0 aromatic heterocycles. The molecule has 0 heterocycles. The van der Waals surface area contributed by atoms with Gasteiger partial charge < -0.3 is 0 Å². The van der Waals surface area contributed by atoms with E-state index >= 15 is 0 Å². The Morgan fingerprint density at radius 1 is 1.86 bits per heavy atom. The van der Waals surface area contributed by atoms with Crippen molar-refractivity contribution in [2.75, 3.05) is 0 Å². The van der Waals surface area contributed by atoms with E-state index < -0.39 is 0 Å². The van der Waals surface area contributed by atoms with Gasteiger partial charge in [0.25, 0.3) is 0 Å². The van der Waals surface area contributed by atoms with Crippen LogP contribution in [0, 0.1) is 0 Å². The van der Waals surface area contributed by atoms with E-state index in [9.17, 15) is 0 Å². The summed E-state index contributed by atoms with van der Waals surface area (Å²) in [5, 5.41) is 3.72. The quantitative estimate of drug-likeness (QED) is 0.415. The highest BCUT2D eigenvalue weighted by Crippen LogP contribution is 1.63. The van der Waals surface area contributed by atoms with Crippen LogP contribution in [0.5, 0.6) is 0 Å². The Kier molecular flexibility index (Phi) is 4.62. The Hall–Kier alpha value is -0.790. The summed E-state index contributed by atoms with van der Waals surface area (Å²) < 4.78 is 0. The zero-order valence-corrected chi connectivity index (χ0v) is 4.52. The number of rotatable bonds is 3. The molecule has 2 heteroatoms. The lowest BCUT2D eigenvalue weighted by Gasteiger charge is -1.81. The predicted molar refractivity (Wildman–Crippen MR) is 32.1 cm³/mol. The van der Waals surface area contributed by atoms with Crippen molar-refractivity contribution in [3.05, 3.63) is 12.8 Å². The number of nitrogens with zero attached hydrogens (tertiary/aromatic N) is 1. The highest BCUT2D eigenvalue weighted by molar-refractivity contribution is 5.56. The molecule has 1 N–H and O–H groups in total. The normalized spacial score (nSPS) is 9.29. The average Bonchev–Trinajstić information content (AvgIpc) is 1.69. The zero-order valence-electron chi connectivity index (χ0n) is 4.52. The number of hydrogen-bond acceptors (Lipinski definition) is 2. The summed E-state index contributed by atoms with van der Waals surface area (Å²) in [5.74, 6) is 0. The standard InChI is InChI=1S/C5H10N2/c1-3-5-7-6-4-2/h4-6H,2-3H2,1H3. The first-order valence-corrected chi connectivity index (χ1v) is 2.29. The number of nitrogens with one attached hydrogen (secondary N) is 1. The molecule has 0 aromatic carbocycles. The third-order valence-electron chi connectivity index (χ3n) is 0.440. The van der Waals surface area contributed by atoms with Crippen LogP contribution in [0.2, 0.25) is 0 Å². The predicted octanol–water partition coefficient (Wildman–Crippen LogP) is 1.12. The van der Waals surface area contributed by atoms with E-state index in [-0.39, 0.29) is 0 Å². The molecule has 7 heavy (non-hydrogen) atoms. The van der Waals surface area contributed by atoms with Crippen LogP contribution in [0.4, 0.5) is 0 Å². The van der Waals surface area contributed by atoms with Crippen molar-refractivity contribution in [2.45, 2.75) is 13.3 Å². The summed E-state index contributed by atoms with van der Waals surface area (Å²) in [5.41, 5.74) is 2.58. The molecule has 0 atom stereocenters. The molecule has 0 saturated carbocycles. The van der Waals surface area contributed by atoms with Crippen LogP contribution in [0.25, 0.3) is 0 Å². The summed E-state index contributed by atoms with van der Waals surface area (Å²) in [4.78, 5) is 0. The largest absolute Gasteiger partial charge is 0.287 e. The van der Waals surface area contributed by atoms with Gasteiger partial charge in [-0.3, -0.25) is 5.43 Å². The lowest BCUT2D eigenvalue weighted by molar-refractivity contribution is 0.970. The lowest BCUT2D eigenvalue weighted by Crippen LogP contribution is -1.90. The van der Waals surface area contributed by atoms with Crippen LogP contribution >= 0.6 is 0 Å². The molecule has 0 fully saturated rings. The van der Waals surface area contributed by atoms with Gasteiger partial charge in [0.1, 0.15) is 0 Å². The molecule has 0 radical (unpaired) electrons. The maximum atomic E-state index is 3.72. The fourth-order valence-electron chi connectivity index (χ4n) is 0.197. The summed E-state index contributed by atoms with van der Waals surface area (Å²) in [7, 11) is 0. The summed E-state index contributed by atoms with van der Waals surface area (Å²) in [6, 6.07) is 0. The van der Waals surface area contributed by atoms with Crippen LogP contribution in [-0.4, -0.2) is 6.21 Å². The van der Waals surface area contributed by atoms with Gasteiger partial charge in [0.2, 0.25) is 0 Å². The molecular weight excluding hydrogens is 88.1 g/mol. The van der Waals surface area contributed by atoms with Gasteiger partial charge in [-0.05, 0) is 6.42 Å². The van der Waals surface area contributed by atoms with Crippen molar-refractivity contribution in [3.63, 3.8) is 0 Å². The van der Waals surface area contributed by atoms with Crippen molar-refractivity contribution < 1.29 is 0 Å². The van der Waals surface area contributed by atoms with Gasteiger partial charge in [-0.15, -0.1) is 0 Å². The molecule has 40 valence electrons. The highest BCUT2D eigenvalue weighted by atomic mass is 15.3. The second-order valence-corrected chi connectivity index (χ2v) is 1.05. The van der Waals surface area contributed by atoms with E-state index in [1.165, 1.54) is 6.20 Å². The Bertz CT molecular complexity index is 66.5. The van der Waals surface area contributed by atoms with Crippen LogP contribution < -0.4 is 5.43 Å². The van der Waals surface area contributed by atoms with Crippen molar-refractivity contribution >= 4 is 6.21 Å². The smallest absolute Gasteiger partial charge is 0.0243 e. The molecule has 0 amide bonds. The van der Waals surface area contributed by atoms with Gasteiger partial charge in [-0.25, -0.2) is 0 Å². The van der Waals surface area contributed by atoms with Crippen LogP contribution in [0.15, 0.2) is 17.9 Å². The Balaban J connectivity index is 2.92. The second kappa shape index (κ2) is 5.21. The van der Waals surface area contributed by atoms with Gasteiger partial charge >= 0.3 is 0 Å². The van der Waals surface area contributed by atoms with Gasteiger partial charge in [0.05, 0.1) is 0 Å². The second-order valence-electron chi connectivity index (χ2n) is 1.05. The molecule has 0 aromatic rings. The van der Waals surface area contributed by atoms with E-state index in [0.717, 1.165) is 6.42 Å². The van der Waals surface area contributed by atoms with E-state index in [1.54, 1.807) is 6.21 Å². The fraction of sp³-hybridized carbons (Fsp3) is 0.400. The van der Waals surface area contributed by atoms with Gasteiger partial charge in [-0.1, -0.05) is 13.5 Å².